The molecule has 0 saturated heterocycles. The zero-order valence-corrected chi connectivity index (χ0v) is 13.3. The van der Waals surface area contributed by atoms with E-state index >= 15 is 0 Å². The van der Waals surface area contributed by atoms with Gasteiger partial charge in [0.2, 0.25) is 11.8 Å². The summed E-state index contributed by atoms with van der Waals surface area (Å²) in [4.78, 5) is 35.0. The minimum absolute atomic E-state index is 0.0160. The third kappa shape index (κ3) is 6.37. The van der Waals surface area contributed by atoms with Crippen molar-refractivity contribution in [3.63, 3.8) is 0 Å². The van der Waals surface area contributed by atoms with Gasteiger partial charge >= 0.3 is 5.97 Å². The molecule has 1 aromatic rings. The Hall–Kier alpha value is -2.69. The number of amides is 2. The van der Waals surface area contributed by atoms with Crippen LogP contribution in [0.5, 0.6) is 5.75 Å². The fourth-order valence-electron chi connectivity index (χ4n) is 1.90. The van der Waals surface area contributed by atoms with E-state index in [-0.39, 0.29) is 12.2 Å². The quantitative estimate of drug-likeness (QED) is 0.250. The number of rotatable bonds is 9. The number of hydrogen-bond acceptors (Lipinski definition) is 7. The zero-order valence-electron chi connectivity index (χ0n) is 13.3. The number of aliphatic hydroxyl groups is 2. The maximum absolute atomic E-state index is 12.3. The van der Waals surface area contributed by atoms with E-state index in [1.54, 1.807) is 0 Å². The Morgan fingerprint density at radius 2 is 1.52 bits per heavy atom. The van der Waals surface area contributed by atoms with Gasteiger partial charge in [-0.1, -0.05) is 12.1 Å². The van der Waals surface area contributed by atoms with Crippen molar-refractivity contribution in [2.75, 3.05) is 13.2 Å². The lowest BCUT2D eigenvalue weighted by Crippen LogP contribution is -2.56. The van der Waals surface area contributed by atoms with Crippen molar-refractivity contribution in [2.24, 2.45) is 5.73 Å². The molecule has 3 atom stereocenters. The zero-order chi connectivity index (χ0) is 19.0. The summed E-state index contributed by atoms with van der Waals surface area (Å²) in [6, 6.07) is 1.85. The molecule has 0 heterocycles. The van der Waals surface area contributed by atoms with Crippen LogP contribution in [0.1, 0.15) is 5.56 Å². The Kier molecular flexibility index (Phi) is 7.79. The van der Waals surface area contributed by atoms with E-state index in [4.69, 9.17) is 21.1 Å². The number of aliphatic hydroxyl groups excluding tert-OH is 2. The van der Waals surface area contributed by atoms with Crippen molar-refractivity contribution in [2.45, 2.75) is 24.5 Å². The Labute approximate surface area is 143 Å². The molecule has 0 fully saturated rings. The highest BCUT2D eigenvalue weighted by Gasteiger charge is 2.27. The van der Waals surface area contributed by atoms with Crippen molar-refractivity contribution >= 4 is 17.8 Å². The average Bonchev–Trinajstić information content (AvgIpc) is 2.59. The number of phenols is 1. The smallest absolute Gasteiger partial charge is 0.328 e. The monoisotopic (exact) mass is 355 g/mol. The molecule has 0 saturated carbocycles. The number of aromatic hydroxyl groups is 1. The first-order chi connectivity index (χ1) is 11.8. The minimum atomic E-state index is -1.53. The van der Waals surface area contributed by atoms with Gasteiger partial charge in [0.1, 0.15) is 23.9 Å². The summed E-state index contributed by atoms with van der Waals surface area (Å²) >= 11 is 0. The van der Waals surface area contributed by atoms with Gasteiger partial charge in [-0.15, -0.1) is 0 Å². The highest BCUT2D eigenvalue weighted by atomic mass is 16.4. The lowest BCUT2D eigenvalue weighted by Gasteiger charge is -2.22. The lowest BCUT2D eigenvalue weighted by atomic mass is 10.0. The van der Waals surface area contributed by atoms with Gasteiger partial charge in [-0.25, -0.2) is 4.79 Å². The van der Waals surface area contributed by atoms with Crippen molar-refractivity contribution in [3.05, 3.63) is 29.8 Å². The molecule has 0 bridgehead atoms. The van der Waals surface area contributed by atoms with Crippen LogP contribution >= 0.6 is 0 Å². The van der Waals surface area contributed by atoms with E-state index in [1.165, 1.54) is 24.3 Å². The number of carbonyl (C=O) groups excluding carboxylic acids is 2. The van der Waals surface area contributed by atoms with Crippen LogP contribution in [0.2, 0.25) is 0 Å². The van der Waals surface area contributed by atoms with Crippen LogP contribution in [0.25, 0.3) is 0 Å². The number of carbonyl (C=O) groups is 3. The summed E-state index contributed by atoms with van der Waals surface area (Å²) < 4.78 is 0. The van der Waals surface area contributed by atoms with E-state index in [0.29, 0.717) is 5.56 Å². The Morgan fingerprint density at radius 1 is 0.960 bits per heavy atom. The van der Waals surface area contributed by atoms with Crippen LogP contribution in [0.3, 0.4) is 0 Å². The first-order valence-electron chi connectivity index (χ1n) is 7.37. The van der Waals surface area contributed by atoms with Gasteiger partial charge in [-0.3, -0.25) is 9.59 Å². The van der Waals surface area contributed by atoms with Crippen LogP contribution in [-0.4, -0.2) is 69.5 Å². The molecule has 10 nitrogen and oxygen atoms in total. The number of aliphatic carboxylic acids is 1. The Morgan fingerprint density at radius 3 is 2.00 bits per heavy atom. The molecule has 8 N–H and O–H groups in total. The predicted molar refractivity (Wildman–Crippen MR) is 85.5 cm³/mol. The average molecular weight is 355 g/mol. The summed E-state index contributed by atoms with van der Waals surface area (Å²) in [6.07, 6.45) is -0.0201. The van der Waals surface area contributed by atoms with Crippen molar-refractivity contribution < 1.29 is 34.8 Å². The Balaban J connectivity index is 2.92. The molecule has 0 spiro atoms. The third-order valence-electron chi connectivity index (χ3n) is 3.34. The first-order valence-corrected chi connectivity index (χ1v) is 7.37. The molecule has 2 amide bonds. The van der Waals surface area contributed by atoms with Crippen LogP contribution in [-0.2, 0) is 20.8 Å². The molecular formula is C15H21N3O7. The normalized spacial score (nSPS) is 14.2. The van der Waals surface area contributed by atoms with Crippen LogP contribution in [0.15, 0.2) is 24.3 Å². The maximum atomic E-state index is 12.3. The van der Waals surface area contributed by atoms with E-state index < -0.39 is 49.1 Å². The molecule has 0 aliphatic carbocycles. The molecular weight excluding hydrogens is 334 g/mol. The molecule has 3 unspecified atom stereocenters. The standard InChI is InChI=1S/C15H21N3O7/c16-10(6-19)13(22)17-11(5-8-1-3-9(21)4-2-8)14(23)18-12(7-20)15(24)25/h1-4,10-12,19-21H,5-7,16H2,(H,17,22)(H,18,23)(H,24,25). The van der Waals surface area contributed by atoms with Crippen LogP contribution < -0.4 is 16.4 Å². The molecule has 25 heavy (non-hydrogen) atoms. The molecule has 0 aliphatic heterocycles. The van der Waals surface area contributed by atoms with E-state index in [2.05, 4.69) is 10.6 Å². The molecule has 0 aliphatic rings. The summed E-state index contributed by atoms with van der Waals surface area (Å²) in [5.74, 6) is -3.05. The number of carboxylic acids is 1. The molecule has 10 heteroatoms. The topological polar surface area (TPSA) is 182 Å². The number of nitrogens with one attached hydrogen (secondary N) is 2. The number of carboxylic acid groups (broad SMARTS) is 1. The summed E-state index contributed by atoms with van der Waals surface area (Å²) in [7, 11) is 0. The summed E-state index contributed by atoms with van der Waals surface area (Å²) in [6.45, 7) is -1.45. The number of phenolic OH excluding ortho intramolecular Hbond substituents is 1. The molecule has 0 radical (unpaired) electrons. The summed E-state index contributed by atoms with van der Waals surface area (Å²) in [5.41, 5.74) is 5.97. The second kappa shape index (κ2) is 9.57. The fourth-order valence-corrected chi connectivity index (χ4v) is 1.90. The van der Waals surface area contributed by atoms with E-state index in [9.17, 15) is 19.5 Å². The van der Waals surface area contributed by atoms with E-state index in [0.717, 1.165) is 0 Å². The van der Waals surface area contributed by atoms with Crippen LogP contribution in [0.4, 0.5) is 0 Å². The molecule has 1 aromatic carbocycles. The second-order valence-corrected chi connectivity index (χ2v) is 5.30. The fraction of sp³-hybridized carbons (Fsp3) is 0.400. The highest BCUT2D eigenvalue weighted by Crippen LogP contribution is 2.11. The largest absolute Gasteiger partial charge is 0.508 e. The van der Waals surface area contributed by atoms with Gasteiger partial charge in [0, 0.05) is 6.42 Å². The number of hydrogen-bond donors (Lipinski definition) is 7. The lowest BCUT2D eigenvalue weighted by molar-refractivity contribution is -0.143. The first kappa shape index (κ1) is 20.4. The molecule has 0 aromatic heterocycles. The van der Waals surface area contributed by atoms with Gasteiger partial charge in [-0.05, 0) is 17.7 Å². The van der Waals surface area contributed by atoms with Crippen molar-refractivity contribution in [1.82, 2.24) is 10.6 Å². The third-order valence-corrected chi connectivity index (χ3v) is 3.34. The van der Waals surface area contributed by atoms with Crippen molar-refractivity contribution in [3.8, 4) is 5.75 Å². The van der Waals surface area contributed by atoms with Gasteiger partial charge in [-0.2, -0.15) is 0 Å². The number of benzene rings is 1. The van der Waals surface area contributed by atoms with Gasteiger partial charge < -0.3 is 36.8 Å². The highest BCUT2D eigenvalue weighted by molar-refractivity contribution is 5.92. The molecule has 1 rings (SSSR count). The van der Waals surface area contributed by atoms with Crippen molar-refractivity contribution in [1.29, 1.82) is 0 Å². The van der Waals surface area contributed by atoms with E-state index in [1.807, 2.05) is 0 Å². The second-order valence-electron chi connectivity index (χ2n) is 5.30. The van der Waals surface area contributed by atoms with Gasteiger partial charge in [0.25, 0.3) is 0 Å². The SMILES string of the molecule is NC(CO)C(=O)NC(Cc1ccc(O)cc1)C(=O)NC(CO)C(=O)O. The minimum Gasteiger partial charge on any atom is -0.508 e. The molecule has 138 valence electrons. The maximum Gasteiger partial charge on any atom is 0.328 e. The Bertz CT molecular complexity index is 606. The summed E-state index contributed by atoms with van der Waals surface area (Å²) in [5, 5.41) is 40.5. The van der Waals surface area contributed by atoms with Gasteiger partial charge in [0.05, 0.1) is 13.2 Å². The van der Waals surface area contributed by atoms with Gasteiger partial charge in [0.15, 0.2) is 0 Å². The predicted octanol–water partition coefficient (Wildman–Crippen LogP) is -2.70. The van der Waals surface area contributed by atoms with Crippen LogP contribution in [0, 0.1) is 0 Å². The number of nitrogens with two attached hydrogens (primary N) is 1.